The minimum atomic E-state index is 0.751. The third-order valence-electron chi connectivity index (χ3n) is 3.35. The molecule has 0 amide bonds. The summed E-state index contributed by atoms with van der Waals surface area (Å²) in [6.07, 6.45) is 1.35. The summed E-state index contributed by atoms with van der Waals surface area (Å²) in [5.41, 5.74) is 1.33. The standard InChI is InChI=1S/C11H13ClN2/c12-8-1-3-10(4-2-8)14-7-9-5-11(14)6-13-9/h1-4,9,11,13H,5-7H2/p+1/t9-,11-/m1/s1. The van der Waals surface area contributed by atoms with Gasteiger partial charge in [0.2, 0.25) is 0 Å². The van der Waals surface area contributed by atoms with Crippen LogP contribution in [0.1, 0.15) is 6.42 Å². The molecule has 14 heavy (non-hydrogen) atoms. The molecular formula is C11H14ClN2+. The highest BCUT2D eigenvalue weighted by Gasteiger charge is 2.41. The molecule has 2 aliphatic rings. The van der Waals surface area contributed by atoms with Crippen LogP contribution < -0.4 is 10.2 Å². The van der Waals surface area contributed by atoms with Crippen LogP contribution in [0.3, 0.4) is 0 Å². The first-order valence-electron chi connectivity index (χ1n) is 5.18. The van der Waals surface area contributed by atoms with Gasteiger partial charge in [0.05, 0.1) is 19.1 Å². The number of hydrogen-bond donors (Lipinski definition) is 1. The molecule has 2 atom stereocenters. The van der Waals surface area contributed by atoms with Crippen molar-refractivity contribution >= 4 is 17.3 Å². The number of halogens is 1. The molecule has 3 heteroatoms. The van der Waals surface area contributed by atoms with Gasteiger partial charge < -0.3 is 10.2 Å². The summed E-state index contributed by atoms with van der Waals surface area (Å²) in [4.78, 5) is 2.51. The molecule has 2 fully saturated rings. The molecular weight excluding hydrogens is 196 g/mol. The topological polar surface area (TPSA) is 19.9 Å². The van der Waals surface area contributed by atoms with Crippen LogP contribution in [-0.2, 0) is 0 Å². The molecule has 1 aromatic carbocycles. The summed E-state index contributed by atoms with van der Waals surface area (Å²) < 4.78 is 0. The Morgan fingerprint density at radius 2 is 2.07 bits per heavy atom. The lowest BCUT2D eigenvalue weighted by Crippen LogP contribution is -2.91. The van der Waals surface area contributed by atoms with Crippen molar-refractivity contribution in [1.82, 2.24) is 0 Å². The molecule has 0 spiro atoms. The van der Waals surface area contributed by atoms with Gasteiger partial charge >= 0.3 is 0 Å². The lowest BCUT2D eigenvalue weighted by atomic mass is 10.2. The molecule has 0 saturated carbocycles. The predicted molar refractivity (Wildman–Crippen MR) is 57.8 cm³/mol. The second-order valence-corrected chi connectivity index (χ2v) is 4.69. The van der Waals surface area contributed by atoms with Crippen LogP contribution in [0, 0.1) is 0 Å². The van der Waals surface area contributed by atoms with Crippen LogP contribution in [0.4, 0.5) is 5.69 Å². The number of benzene rings is 1. The van der Waals surface area contributed by atoms with Crippen molar-refractivity contribution in [3.63, 3.8) is 0 Å². The Labute approximate surface area is 88.9 Å². The number of anilines is 1. The maximum atomic E-state index is 5.87. The lowest BCUT2D eigenvalue weighted by molar-refractivity contribution is -0.672. The molecule has 3 rings (SSSR count). The minimum absolute atomic E-state index is 0.751. The van der Waals surface area contributed by atoms with E-state index in [0.717, 1.165) is 17.1 Å². The fourth-order valence-corrected chi connectivity index (χ4v) is 2.77. The highest BCUT2D eigenvalue weighted by Crippen LogP contribution is 2.27. The molecule has 2 aliphatic heterocycles. The van der Waals surface area contributed by atoms with Gasteiger partial charge in [-0.15, -0.1) is 0 Å². The molecule has 2 bridgehead atoms. The van der Waals surface area contributed by atoms with E-state index >= 15 is 0 Å². The van der Waals surface area contributed by atoms with Gasteiger partial charge in [-0.1, -0.05) is 11.6 Å². The summed E-state index contributed by atoms with van der Waals surface area (Å²) in [7, 11) is 0. The summed E-state index contributed by atoms with van der Waals surface area (Å²) in [6.45, 7) is 2.46. The zero-order valence-electron chi connectivity index (χ0n) is 7.99. The minimum Gasteiger partial charge on any atom is -0.357 e. The predicted octanol–water partition coefficient (Wildman–Crippen LogP) is 0.864. The van der Waals surface area contributed by atoms with E-state index in [9.17, 15) is 0 Å². The van der Waals surface area contributed by atoms with Crippen LogP contribution in [0.25, 0.3) is 0 Å². The van der Waals surface area contributed by atoms with Gasteiger partial charge in [0, 0.05) is 17.1 Å². The number of hydrogen-bond acceptors (Lipinski definition) is 1. The number of rotatable bonds is 1. The van der Waals surface area contributed by atoms with Crippen molar-refractivity contribution < 1.29 is 5.32 Å². The quantitative estimate of drug-likeness (QED) is 0.728. The molecule has 74 valence electrons. The summed E-state index contributed by atoms with van der Waals surface area (Å²) in [5, 5.41) is 3.29. The van der Waals surface area contributed by atoms with E-state index < -0.39 is 0 Å². The van der Waals surface area contributed by atoms with Crippen molar-refractivity contribution in [3.05, 3.63) is 29.3 Å². The summed E-state index contributed by atoms with van der Waals surface area (Å²) >= 11 is 5.87. The Balaban J connectivity index is 1.86. The van der Waals surface area contributed by atoms with Gasteiger partial charge in [0.25, 0.3) is 0 Å². The van der Waals surface area contributed by atoms with Crippen molar-refractivity contribution in [1.29, 1.82) is 0 Å². The second-order valence-electron chi connectivity index (χ2n) is 4.25. The highest BCUT2D eigenvalue weighted by molar-refractivity contribution is 6.30. The first-order valence-corrected chi connectivity index (χ1v) is 5.56. The molecule has 2 N–H and O–H groups in total. The van der Waals surface area contributed by atoms with Gasteiger partial charge in [0.15, 0.2) is 0 Å². The van der Waals surface area contributed by atoms with E-state index in [1.54, 1.807) is 0 Å². The highest BCUT2D eigenvalue weighted by atomic mass is 35.5. The zero-order chi connectivity index (χ0) is 9.54. The van der Waals surface area contributed by atoms with E-state index in [2.05, 4.69) is 22.3 Å². The van der Waals surface area contributed by atoms with E-state index in [0.29, 0.717) is 0 Å². The van der Waals surface area contributed by atoms with E-state index in [4.69, 9.17) is 11.6 Å². The van der Waals surface area contributed by atoms with Crippen molar-refractivity contribution in [2.24, 2.45) is 0 Å². The largest absolute Gasteiger partial charge is 0.357 e. The molecule has 2 saturated heterocycles. The number of nitrogens with two attached hydrogens (primary N) is 1. The smallest absolute Gasteiger partial charge is 0.106 e. The Morgan fingerprint density at radius 1 is 1.29 bits per heavy atom. The second kappa shape index (κ2) is 3.14. The lowest BCUT2D eigenvalue weighted by Gasteiger charge is -2.27. The van der Waals surface area contributed by atoms with Gasteiger partial charge in [-0.2, -0.15) is 0 Å². The van der Waals surface area contributed by atoms with Crippen LogP contribution in [0.5, 0.6) is 0 Å². The summed E-state index contributed by atoms with van der Waals surface area (Å²) in [5.74, 6) is 0. The molecule has 2 heterocycles. The Morgan fingerprint density at radius 3 is 2.64 bits per heavy atom. The monoisotopic (exact) mass is 209 g/mol. The molecule has 2 nitrogen and oxygen atoms in total. The third-order valence-corrected chi connectivity index (χ3v) is 3.60. The SMILES string of the molecule is Clc1ccc(N2C[C@H]3C[C@@H]2C[NH2+]3)cc1. The number of nitrogens with zero attached hydrogens (tertiary/aromatic N) is 1. The van der Waals surface area contributed by atoms with Crippen molar-refractivity contribution in [2.75, 3.05) is 18.0 Å². The Bertz CT molecular complexity index is 336. The normalized spacial score (nSPS) is 29.9. The van der Waals surface area contributed by atoms with Crippen LogP contribution in [0.2, 0.25) is 5.02 Å². The van der Waals surface area contributed by atoms with Crippen molar-refractivity contribution in [2.45, 2.75) is 18.5 Å². The Kier molecular flexibility index (Phi) is 1.92. The first kappa shape index (κ1) is 8.57. The zero-order valence-corrected chi connectivity index (χ0v) is 8.74. The van der Waals surface area contributed by atoms with E-state index in [-0.39, 0.29) is 0 Å². The van der Waals surface area contributed by atoms with Gasteiger partial charge in [-0.25, -0.2) is 0 Å². The average molecular weight is 210 g/mol. The summed E-state index contributed by atoms with van der Waals surface area (Å²) in [6, 6.07) is 9.79. The van der Waals surface area contributed by atoms with Crippen LogP contribution in [-0.4, -0.2) is 25.2 Å². The van der Waals surface area contributed by atoms with Crippen LogP contribution in [0.15, 0.2) is 24.3 Å². The number of piperazine rings is 1. The number of quaternary nitrogens is 1. The maximum Gasteiger partial charge on any atom is 0.106 e. The fraction of sp³-hybridized carbons (Fsp3) is 0.455. The van der Waals surface area contributed by atoms with E-state index in [1.165, 1.54) is 25.2 Å². The average Bonchev–Trinajstić information content (AvgIpc) is 2.80. The first-order chi connectivity index (χ1) is 6.83. The number of fused-ring (bicyclic) bond motifs is 2. The van der Waals surface area contributed by atoms with Gasteiger partial charge in [-0.3, -0.25) is 0 Å². The molecule has 0 unspecified atom stereocenters. The van der Waals surface area contributed by atoms with Crippen molar-refractivity contribution in [3.8, 4) is 0 Å². The molecule has 1 aromatic rings. The third kappa shape index (κ3) is 1.30. The van der Waals surface area contributed by atoms with Gasteiger partial charge in [-0.05, 0) is 24.3 Å². The molecule has 0 aromatic heterocycles. The maximum absolute atomic E-state index is 5.87. The van der Waals surface area contributed by atoms with E-state index in [1.807, 2.05) is 12.1 Å². The molecule has 0 aliphatic carbocycles. The Hall–Kier alpha value is -0.730. The fourth-order valence-electron chi connectivity index (χ4n) is 2.65. The van der Waals surface area contributed by atoms with Gasteiger partial charge in [0.1, 0.15) is 6.04 Å². The van der Waals surface area contributed by atoms with Crippen LogP contribution >= 0.6 is 11.6 Å². The molecule has 0 radical (unpaired) electrons.